The first-order chi connectivity index (χ1) is 20.9. The van der Waals surface area contributed by atoms with Crippen molar-refractivity contribution in [3.05, 3.63) is 58.4 Å². The minimum absolute atomic E-state index is 0.0242. The van der Waals surface area contributed by atoms with Gasteiger partial charge in [0.1, 0.15) is 5.82 Å². The number of hydrogen-bond donors (Lipinski definition) is 1. The van der Waals surface area contributed by atoms with Crippen LogP contribution in [0.3, 0.4) is 0 Å². The molecule has 11 nitrogen and oxygen atoms in total. The Balaban J connectivity index is 1.56. The van der Waals surface area contributed by atoms with E-state index in [1.54, 1.807) is 13.0 Å². The van der Waals surface area contributed by atoms with Crippen molar-refractivity contribution < 1.29 is 47.7 Å². The van der Waals surface area contributed by atoms with E-state index in [1.807, 2.05) is 0 Å². The quantitative estimate of drug-likeness (QED) is 0.391. The summed E-state index contributed by atoms with van der Waals surface area (Å²) in [5.41, 5.74) is -0.262. The normalized spacial score (nSPS) is 29.2. The molecule has 2 saturated heterocycles. The number of nitrogens with zero attached hydrogens (tertiary/aromatic N) is 2. The van der Waals surface area contributed by atoms with Gasteiger partial charge in [0.05, 0.1) is 55.2 Å². The van der Waals surface area contributed by atoms with Gasteiger partial charge in [0.15, 0.2) is 11.5 Å². The zero-order valence-corrected chi connectivity index (χ0v) is 24.9. The maximum absolute atomic E-state index is 14.5. The van der Waals surface area contributed by atoms with Crippen molar-refractivity contribution in [2.24, 2.45) is 29.1 Å². The molecule has 6 rings (SSSR count). The Kier molecular flexibility index (Phi) is 6.95. The van der Waals surface area contributed by atoms with Crippen molar-refractivity contribution in [2.75, 3.05) is 26.2 Å². The number of methoxy groups -OCH3 is 3. The molecule has 6 unspecified atom stereocenters. The highest BCUT2D eigenvalue weighted by atomic mass is 35.5. The molecule has 44 heavy (non-hydrogen) atoms. The monoisotopic (exact) mass is 626 g/mol. The van der Waals surface area contributed by atoms with Crippen LogP contribution in [-0.2, 0) is 23.9 Å². The van der Waals surface area contributed by atoms with Crippen LogP contribution in [0.4, 0.5) is 14.9 Å². The van der Waals surface area contributed by atoms with Crippen molar-refractivity contribution in [2.45, 2.75) is 25.7 Å². The standard InChI is InChI=1S/C31H28ClFN2O9/c1-31-18(27(38)34(29(31)40)14-5-8-20(33)19(32)11-14)12-17-15(24(31)13-9-21(42-2)25(36)22(10-13)43-3)6-7-16-23(17)28(39)35(26(16)37)30(41)44-4/h5-6,8-11,16-18,23-24,36H,7,12H2,1-4H3. The van der Waals surface area contributed by atoms with Gasteiger partial charge < -0.3 is 19.3 Å². The number of halogens is 2. The highest BCUT2D eigenvalue weighted by Gasteiger charge is 2.68. The lowest BCUT2D eigenvalue weighted by molar-refractivity contribution is -0.138. The number of amides is 5. The largest absolute Gasteiger partial charge is 0.502 e. The van der Waals surface area contributed by atoms with Gasteiger partial charge in [-0.2, -0.15) is 4.90 Å². The molecule has 2 aromatic rings. The van der Waals surface area contributed by atoms with Crippen LogP contribution in [0.25, 0.3) is 0 Å². The number of phenols is 1. The van der Waals surface area contributed by atoms with Crippen LogP contribution in [0.1, 0.15) is 31.2 Å². The number of phenolic OH excluding ortho intramolecular Hbond substituents is 1. The van der Waals surface area contributed by atoms with Gasteiger partial charge in [-0.05, 0) is 61.6 Å². The second-order valence-corrected chi connectivity index (χ2v) is 11.9. The molecule has 2 aliphatic heterocycles. The zero-order valence-electron chi connectivity index (χ0n) is 24.1. The van der Waals surface area contributed by atoms with Gasteiger partial charge in [-0.3, -0.25) is 19.2 Å². The maximum Gasteiger partial charge on any atom is 0.423 e. The van der Waals surface area contributed by atoms with Crippen LogP contribution in [0.15, 0.2) is 42.0 Å². The number of anilines is 1. The van der Waals surface area contributed by atoms with Gasteiger partial charge in [-0.1, -0.05) is 23.3 Å². The number of aromatic hydroxyl groups is 1. The maximum atomic E-state index is 14.5. The van der Waals surface area contributed by atoms with E-state index in [4.69, 9.17) is 25.8 Å². The third-order valence-corrected chi connectivity index (χ3v) is 9.92. The van der Waals surface area contributed by atoms with Crippen molar-refractivity contribution in [3.63, 3.8) is 0 Å². The average molecular weight is 627 g/mol. The van der Waals surface area contributed by atoms with E-state index in [-0.39, 0.29) is 40.8 Å². The number of benzene rings is 2. The summed E-state index contributed by atoms with van der Waals surface area (Å²) in [5.74, 6) is -7.85. The third kappa shape index (κ3) is 3.89. The summed E-state index contributed by atoms with van der Waals surface area (Å²) >= 11 is 6.03. The lowest BCUT2D eigenvalue weighted by atomic mass is 9.51. The fourth-order valence-corrected chi connectivity index (χ4v) is 7.79. The summed E-state index contributed by atoms with van der Waals surface area (Å²) in [6.07, 6.45) is 0.839. The molecule has 3 fully saturated rings. The van der Waals surface area contributed by atoms with Gasteiger partial charge in [-0.25, -0.2) is 14.1 Å². The van der Waals surface area contributed by atoms with Gasteiger partial charge in [-0.15, -0.1) is 0 Å². The van der Waals surface area contributed by atoms with Crippen molar-refractivity contribution >= 4 is 47.0 Å². The first-order valence-electron chi connectivity index (χ1n) is 13.8. The highest BCUT2D eigenvalue weighted by molar-refractivity contribution is 6.31. The predicted octanol–water partition coefficient (Wildman–Crippen LogP) is 4.20. The molecule has 13 heteroatoms. The molecule has 0 aromatic heterocycles. The number of hydrogen-bond acceptors (Lipinski definition) is 9. The van der Waals surface area contributed by atoms with Gasteiger partial charge in [0, 0.05) is 5.92 Å². The second-order valence-electron chi connectivity index (χ2n) is 11.5. The molecule has 0 spiro atoms. The van der Waals surface area contributed by atoms with E-state index in [0.717, 1.165) is 18.1 Å². The topological polar surface area (TPSA) is 140 Å². The first kappa shape index (κ1) is 29.6. The summed E-state index contributed by atoms with van der Waals surface area (Å²) < 4.78 is 29.5. The minimum atomic E-state index is -1.44. The Morgan fingerprint density at radius 1 is 1.00 bits per heavy atom. The van der Waals surface area contributed by atoms with Crippen molar-refractivity contribution in [1.82, 2.24) is 4.90 Å². The van der Waals surface area contributed by atoms with Crippen LogP contribution in [0.5, 0.6) is 17.2 Å². The summed E-state index contributed by atoms with van der Waals surface area (Å²) in [6, 6.07) is 6.63. The Bertz CT molecular complexity index is 1670. The molecule has 230 valence electrons. The number of carbonyl (C=O) groups is 5. The van der Waals surface area contributed by atoms with Crippen LogP contribution in [0.2, 0.25) is 5.02 Å². The first-order valence-corrected chi connectivity index (χ1v) is 14.2. The highest BCUT2D eigenvalue weighted by Crippen LogP contribution is 2.64. The van der Waals surface area contributed by atoms with Crippen LogP contribution >= 0.6 is 11.6 Å². The fourth-order valence-electron chi connectivity index (χ4n) is 7.62. The Labute approximate surface area is 256 Å². The summed E-state index contributed by atoms with van der Waals surface area (Å²) in [6.45, 7) is 1.66. The van der Waals surface area contributed by atoms with E-state index < -0.39 is 70.5 Å². The van der Waals surface area contributed by atoms with E-state index in [2.05, 4.69) is 0 Å². The van der Waals surface area contributed by atoms with E-state index >= 15 is 0 Å². The SMILES string of the molecule is COC(=O)N1C(=O)C2CC=C3C(CC4C(=O)N(c5ccc(F)c(Cl)c5)C(=O)C4(C)C3c3cc(OC)c(O)c(OC)c3)C2C1=O. The van der Waals surface area contributed by atoms with Crippen LogP contribution in [-0.4, -0.2) is 61.1 Å². The van der Waals surface area contributed by atoms with Gasteiger partial charge >= 0.3 is 6.09 Å². The summed E-state index contributed by atoms with van der Waals surface area (Å²) in [4.78, 5) is 69.5. The molecule has 6 atom stereocenters. The predicted molar refractivity (Wildman–Crippen MR) is 151 cm³/mol. The number of carbonyl (C=O) groups excluding carboxylic acids is 5. The summed E-state index contributed by atoms with van der Waals surface area (Å²) in [5, 5.41) is 10.4. The lowest BCUT2D eigenvalue weighted by Crippen LogP contribution is -2.49. The molecule has 1 N–H and O–H groups in total. The molecule has 2 aromatic carbocycles. The number of allylic oxidation sites excluding steroid dienone is 2. The molecule has 0 radical (unpaired) electrons. The van der Waals surface area contributed by atoms with Crippen molar-refractivity contribution in [1.29, 1.82) is 0 Å². The molecule has 0 bridgehead atoms. The van der Waals surface area contributed by atoms with E-state index in [0.29, 0.717) is 16.0 Å². The fraction of sp³-hybridized carbons (Fsp3) is 0.387. The van der Waals surface area contributed by atoms with Crippen LogP contribution < -0.4 is 14.4 Å². The molecule has 2 aliphatic carbocycles. The Morgan fingerprint density at radius 3 is 2.25 bits per heavy atom. The summed E-state index contributed by atoms with van der Waals surface area (Å²) in [7, 11) is 3.78. The molecule has 4 aliphatic rings. The van der Waals surface area contributed by atoms with Crippen LogP contribution in [0, 0.1) is 34.9 Å². The number of imide groups is 4. The number of ether oxygens (including phenoxy) is 3. The van der Waals surface area contributed by atoms with E-state index in [9.17, 15) is 33.5 Å². The Hall–Kier alpha value is -4.45. The molecule has 5 amide bonds. The van der Waals surface area contributed by atoms with Gasteiger partial charge in [0.2, 0.25) is 29.4 Å². The number of rotatable bonds is 4. The molecular formula is C31H28ClFN2O9. The molecular weight excluding hydrogens is 599 g/mol. The number of likely N-dealkylation sites (tertiary alicyclic amines) is 1. The average Bonchev–Trinajstić information content (AvgIpc) is 3.38. The molecule has 2 heterocycles. The zero-order chi connectivity index (χ0) is 31.8. The van der Waals surface area contributed by atoms with Gasteiger partial charge in [0.25, 0.3) is 0 Å². The minimum Gasteiger partial charge on any atom is -0.502 e. The smallest absolute Gasteiger partial charge is 0.423 e. The van der Waals surface area contributed by atoms with Crippen molar-refractivity contribution in [3.8, 4) is 17.2 Å². The second kappa shape index (κ2) is 10.3. The lowest BCUT2D eigenvalue weighted by Gasteiger charge is -2.49. The molecule has 1 saturated carbocycles. The third-order valence-electron chi connectivity index (χ3n) is 9.63. The Morgan fingerprint density at radius 2 is 1.66 bits per heavy atom. The number of fused-ring (bicyclic) bond motifs is 4. The van der Waals surface area contributed by atoms with E-state index in [1.165, 1.54) is 38.5 Å².